The van der Waals surface area contributed by atoms with E-state index in [0.717, 1.165) is 15.4 Å². The van der Waals surface area contributed by atoms with Crippen molar-refractivity contribution in [2.45, 2.75) is 31.6 Å². The lowest BCUT2D eigenvalue weighted by Gasteiger charge is -2.26. The molecule has 0 heterocycles. The van der Waals surface area contributed by atoms with Gasteiger partial charge in [-0.2, -0.15) is 0 Å². The van der Waals surface area contributed by atoms with Crippen molar-refractivity contribution >= 4 is 33.2 Å². The van der Waals surface area contributed by atoms with Crippen molar-refractivity contribution in [3.8, 4) is 0 Å². The summed E-state index contributed by atoms with van der Waals surface area (Å²) in [6.45, 7) is 5.74. The lowest BCUT2D eigenvalue weighted by atomic mass is 10.0. The summed E-state index contributed by atoms with van der Waals surface area (Å²) >= 11 is 6.16. The molecule has 5 nitrogen and oxygen atoms in total. The van der Waals surface area contributed by atoms with Crippen LogP contribution >= 0.6 is 11.6 Å². The molecule has 0 unspecified atom stereocenters. The Bertz CT molecular complexity index is 1180. The minimum Gasteiger partial charge on any atom is -0.354 e. The number of halogens is 1. The lowest BCUT2D eigenvalue weighted by Crippen LogP contribution is -2.42. The van der Waals surface area contributed by atoms with Crippen LogP contribution in [0.2, 0.25) is 5.02 Å². The molecule has 0 aliphatic carbocycles. The summed E-state index contributed by atoms with van der Waals surface area (Å²) in [5.74, 6) is -0.293. The van der Waals surface area contributed by atoms with Crippen molar-refractivity contribution in [3.05, 3.63) is 94.5 Å². The summed E-state index contributed by atoms with van der Waals surface area (Å²) in [4.78, 5) is 13.0. The summed E-state index contributed by atoms with van der Waals surface area (Å²) < 4.78 is 28.1. The van der Waals surface area contributed by atoms with Gasteiger partial charge in [0, 0.05) is 11.6 Å². The molecule has 0 saturated heterocycles. The SMILES string of the molecule is Cc1ccc(S(=O)(=O)N(CC(=O)NC[C@@H](C)c2ccccc2)c2cc(Cl)ccc2C)cc1. The normalized spacial score (nSPS) is 12.2. The van der Waals surface area contributed by atoms with Crippen LogP contribution in [0.1, 0.15) is 29.5 Å². The fourth-order valence-electron chi connectivity index (χ4n) is 3.34. The Kier molecular flexibility index (Phi) is 7.59. The fraction of sp³-hybridized carbons (Fsp3) is 0.240. The number of nitrogens with zero attached hydrogens (tertiary/aromatic N) is 1. The van der Waals surface area contributed by atoms with Gasteiger partial charge in [-0.05, 0) is 55.2 Å². The number of carbonyl (C=O) groups is 1. The van der Waals surface area contributed by atoms with Gasteiger partial charge in [-0.3, -0.25) is 9.10 Å². The number of hydrogen-bond donors (Lipinski definition) is 1. The Morgan fingerprint density at radius 2 is 1.66 bits per heavy atom. The molecule has 1 N–H and O–H groups in total. The predicted octanol–water partition coefficient (Wildman–Crippen LogP) is 5.07. The first kappa shape index (κ1) is 23.8. The lowest BCUT2D eigenvalue weighted by molar-refractivity contribution is -0.119. The van der Waals surface area contributed by atoms with Crippen LogP contribution < -0.4 is 9.62 Å². The van der Waals surface area contributed by atoms with Crippen LogP contribution in [-0.4, -0.2) is 27.4 Å². The average molecular weight is 471 g/mol. The molecule has 0 radical (unpaired) electrons. The molecule has 0 spiro atoms. The zero-order chi connectivity index (χ0) is 23.3. The average Bonchev–Trinajstić information content (AvgIpc) is 2.78. The highest BCUT2D eigenvalue weighted by Crippen LogP contribution is 2.29. The van der Waals surface area contributed by atoms with Crippen molar-refractivity contribution in [2.75, 3.05) is 17.4 Å². The number of rotatable bonds is 8. The van der Waals surface area contributed by atoms with E-state index in [1.165, 1.54) is 0 Å². The molecule has 7 heteroatoms. The van der Waals surface area contributed by atoms with E-state index < -0.39 is 10.0 Å². The summed E-state index contributed by atoms with van der Waals surface area (Å²) in [5, 5.41) is 3.27. The Labute approximate surface area is 195 Å². The third-order valence-corrected chi connectivity index (χ3v) is 7.32. The molecular formula is C25H27ClN2O3S. The highest BCUT2D eigenvalue weighted by atomic mass is 35.5. The van der Waals surface area contributed by atoms with Gasteiger partial charge in [-0.15, -0.1) is 0 Å². The minimum atomic E-state index is -3.98. The van der Waals surface area contributed by atoms with E-state index in [4.69, 9.17) is 11.6 Å². The number of sulfonamides is 1. The smallest absolute Gasteiger partial charge is 0.264 e. The maximum absolute atomic E-state index is 13.5. The van der Waals surface area contributed by atoms with Gasteiger partial charge >= 0.3 is 0 Å². The van der Waals surface area contributed by atoms with E-state index in [-0.39, 0.29) is 23.3 Å². The Morgan fingerprint density at radius 3 is 2.31 bits per heavy atom. The van der Waals surface area contributed by atoms with Crippen LogP contribution in [0.5, 0.6) is 0 Å². The van der Waals surface area contributed by atoms with Crippen LogP contribution in [0, 0.1) is 13.8 Å². The van der Waals surface area contributed by atoms with Gasteiger partial charge in [0.2, 0.25) is 5.91 Å². The van der Waals surface area contributed by atoms with Gasteiger partial charge in [0.15, 0.2) is 0 Å². The topological polar surface area (TPSA) is 66.5 Å². The third kappa shape index (κ3) is 5.69. The minimum absolute atomic E-state index is 0.0928. The maximum atomic E-state index is 13.5. The summed E-state index contributed by atoms with van der Waals surface area (Å²) in [6.07, 6.45) is 0. The number of anilines is 1. The van der Waals surface area contributed by atoms with Crippen LogP contribution in [0.4, 0.5) is 5.69 Å². The molecule has 3 rings (SSSR count). The monoisotopic (exact) mass is 470 g/mol. The number of nitrogens with one attached hydrogen (secondary N) is 1. The number of hydrogen-bond acceptors (Lipinski definition) is 3. The van der Waals surface area contributed by atoms with E-state index >= 15 is 0 Å². The maximum Gasteiger partial charge on any atom is 0.264 e. The van der Waals surface area contributed by atoms with Crippen LogP contribution in [0.15, 0.2) is 77.7 Å². The predicted molar refractivity (Wildman–Crippen MR) is 130 cm³/mol. The van der Waals surface area contributed by atoms with E-state index in [1.807, 2.05) is 44.2 Å². The van der Waals surface area contributed by atoms with Crippen LogP contribution in [-0.2, 0) is 14.8 Å². The number of carbonyl (C=O) groups excluding carboxylic acids is 1. The van der Waals surface area contributed by atoms with Crippen molar-refractivity contribution in [1.29, 1.82) is 0 Å². The first-order valence-electron chi connectivity index (χ1n) is 10.4. The van der Waals surface area contributed by atoms with Gasteiger partial charge in [-0.25, -0.2) is 8.42 Å². The summed E-state index contributed by atoms with van der Waals surface area (Å²) in [6, 6.07) is 21.4. The summed E-state index contributed by atoms with van der Waals surface area (Å²) in [7, 11) is -3.98. The molecule has 3 aromatic rings. The highest BCUT2D eigenvalue weighted by Gasteiger charge is 2.28. The first-order chi connectivity index (χ1) is 15.2. The van der Waals surface area contributed by atoms with Gasteiger partial charge in [0.25, 0.3) is 10.0 Å². The van der Waals surface area contributed by atoms with Crippen molar-refractivity contribution in [1.82, 2.24) is 5.32 Å². The molecule has 32 heavy (non-hydrogen) atoms. The molecule has 0 fully saturated rings. The molecule has 1 amide bonds. The van der Waals surface area contributed by atoms with E-state index in [9.17, 15) is 13.2 Å². The Hall–Kier alpha value is -2.83. The third-order valence-electron chi connectivity index (χ3n) is 5.31. The van der Waals surface area contributed by atoms with Crippen molar-refractivity contribution < 1.29 is 13.2 Å². The highest BCUT2D eigenvalue weighted by molar-refractivity contribution is 7.92. The number of benzene rings is 3. The molecule has 1 atom stereocenters. The van der Waals surface area contributed by atoms with E-state index in [1.54, 1.807) is 49.4 Å². The molecular weight excluding hydrogens is 444 g/mol. The van der Waals surface area contributed by atoms with Gasteiger partial charge in [-0.1, -0.05) is 72.6 Å². The quantitative estimate of drug-likeness (QED) is 0.499. The largest absolute Gasteiger partial charge is 0.354 e. The molecule has 0 aromatic heterocycles. The molecule has 168 valence electrons. The molecule has 0 aliphatic heterocycles. The van der Waals surface area contributed by atoms with Crippen LogP contribution in [0.3, 0.4) is 0 Å². The van der Waals surface area contributed by atoms with Gasteiger partial charge < -0.3 is 5.32 Å². The molecule has 0 bridgehead atoms. The Balaban J connectivity index is 1.87. The van der Waals surface area contributed by atoms with Gasteiger partial charge in [0.05, 0.1) is 10.6 Å². The molecule has 3 aromatic carbocycles. The second-order valence-electron chi connectivity index (χ2n) is 7.87. The molecule has 0 aliphatic rings. The number of aryl methyl sites for hydroxylation is 2. The van der Waals surface area contributed by atoms with E-state index in [0.29, 0.717) is 22.8 Å². The summed E-state index contributed by atoms with van der Waals surface area (Å²) in [5.41, 5.74) is 3.13. The van der Waals surface area contributed by atoms with Crippen molar-refractivity contribution in [2.24, 2.45) is 0 Å². The zero-order valence-electron chi connectivity index (χ0n) is 18.4. The Morgan fingerprint density at radius 1 is 1.00 bits per heavy atom. The van der Waals surface area contributed by atoms with Crippen LogP contribution in [0.25, 0.3) is 0 Å². The standard InChI is InChI=1S/C25H27ClN2O3S/c1-18-9-13-23(14-10-18)32(30,31)28(24-15-22(26)12-11-19(24)2)17-25(29)27-16-20(3)21-7-5-4-6-8-21/h4-15,20H,16-17H2,1-3H3,(H,27,29)/t20-/m1/s1. The molecule has 0 saturated carbocycles. The zero-order valence-corrected chi connectivity index (χ0v) is 20.0. The second-order valence-corrected chi connectivity index (χ2v) is 10.2. The van der Waals surface area contributed by atoms with Gasteiger partial charge in [0.1, 0.15) is 6.54 Å². The van der Waals surface area contributed by atoms with E-state index in [2.05, 4.69) is 5.32 Å². The fourth-order valence-corrected chi connectivity index (χ4v) is 4.98. The van der Waals surface area contributed by atoms with Crippen molar-refractivity contribution in [3.63, 3.8) is 0 Å². The number of amides is 1. The first-order valence-corrected chi connectivity index (χ1v) is 12.2. The second kappa shape index (κ2) is 10.2.